The largest absolute Gasteiger partial charge is 0.278 e. The zero-order valence-corrected chi connectivity index (χ0v) is 11.7. The van der Waals surface area contributed by atoms with E-state index in [9.17, 15) is 4.79 Å². The maximum absolute atomic E-state index is 11.8. The van der Waals surface area contributed by atoms with E-state index in [1.807, 2.05) is 24.3 Å². The number of rotatable bonds is 1. The van der Waals surface area contributed by atoms with Gasteiger partial charge in [0.1, 0.15) is 0 Å². The number of nitrogens with zero attached hydrogens (tertiary/aromatic N) is 1. The van der Waals surface area contributed by atoms with E-state index in [0.717, 1.165) is 14.9 Å². The van der Waals surface area contributed by atoms with Crippen molar-refractivity contribution in [2.24, 2.45) is 0 Å². The average molecular weight is 324 g/mol. The number of carbonyl (C=O) groups excluding carboxylic acids is 1. The highest BCUT2D eigenvalue weighted by molar-refractivity contribution is 9.10. The van der Waals surface area contributed by atoms with E-state index < -0.39 is 0 Å². The van der Waals surface area contributed by atoms with Crippen molar-refractivity contribution < 1.29 is 4.79 Å². The van der Waals surface area contributed by atoms with Crippen molar-refractivity contribution in [3.63, 3.8) is 0 Å². The molecule has 2 nitrogen and oxygen atoms in total. The summed E-state index contributed by atoms with van der Waals surface area (Å²) in [7, 11) is 0. The Morgan fingerprint density at radius 3 is 2.88 bits per heavy atom. The molecule has 1 aromatic carbocycles. The topological polar surface area (TPSA) is 20.3 Å². The maximum Gasteiger partial charge on any atom is 0.278 e. The molecule has 0 aliphatic carbocycles. The summed E-state index contributed by atoms with van der Waals surface area (Å²) in [6.45, 7) is 0. The first-order valence-electron chi connectivity index (χ1n) is 4.61. The fourth-order valence-electron chi connectivity index (χ4n) is 1.33. The lowest BCUT2D eigenvalue weighted by Gasteiger charge is -2.01. The van der Waals surface area contributed by atoms with Gasteiger partial charge in [-0.25, -0.2) is 4.90 Å². The Morgan fingerprint density at radius 1 is 1.53 bits per heavy atom. The Labute approximate surface area is 117 Å². The molecule has 1 fully saturated rings. The maximum atomic E-state index is 11.8. The summed E-state index contributed by atoms with van der Waals surface area (Å²) in [6.07, 6.45) is 6.99. The number of amides is 1. The van der Waals surface area contributed by atoms with Gasteiger partial charge in [-0.15, -0.1) is 0 Å². The van der Waals surface area contributed by atoms with Crippen molar-refractivity contribution in [3.05, 3.63) is 39.2 Å². The van der Waals surface area contributed by atoms with Crippen LogP contribution in [-0.4, -0.2) is 15.1 Å². The summed E-state index contributed by atoms with van der Waals surface area (Å²) in [4.78, 5) is 13.5. The van der Waals surface area contributed by atoms with Crippen molar-refractivity contribution in [2.75, 3.05) is 0 Å². The van der Waals surface area contributed by atoms with E-state index in [4.69, 9.17) is 18.6 Å². The lowest BCUT2D eigenvalue weighted by atomic mass is 10.2. The Hall–Kier alpha value is -1.09. The number of carbonyl (C=O) groups is 1. The van der Waals surface area contributed by atoms with E-state index in [-0.39, 0.29) is 5.91 Å². The van der Waals surface area contributed by atoms with E-state index in [1.54, 1.807) is 6.08 Å². The normalized spacial score (nSPS) is 17.6. The van der Waals surface area contributed by atoms with Gasteiger partial charge < -0.3 is 0 Å². The quantitative estimate of drug-likeness (QED) is 0.449. The summed E-state index contributed by atoms with van der Waals surface area (Å²) >= 11 is 9.60. The molecule has 1 heterocycles. The molecule has 1 saturated heterocycles. The second kappa shape index (κ2) is 5.05. The highest BCUT2D eigenvalue weighted by atomic mass is 79.9. The SMILES string of the molecule is C#CN1C(=O)/C(=C\c2cccc(Br)c2)SC1=S. The summed E-state index contributed by atoms with van der Waals surface area (Å²) in [5, 5.41) is 0. The minimum atomic E-state index is -0.234. The Morgan fingerprint density at radius 2 is 2.29 bits per heavy atom. The van der Waals surface area contributed by atoms with Crippen LogP contribution in [0.3, 0.4) is 0 Å². The molecule has 0 spiro atoms. The van der Waals surface area contributed by atoms with Crippen LogP contribution < -0.4 is 0 Å². The lowest BCUT2D eigenvalue weighted by Crippen LogP contribution is -2.21. The first kappa shape index (κ1) is 12.4. The molecule has 1 aromatic rings. The third-order valence-corrected chi connectivity index (χ3v) is 3.86. The predicted octanol–water partition coefficient (Wildman–Crippen LogP) is 3.24. The number of hydrogen-bond acceptors (Lipinski definition) is 3. The number of terminal acetylenes is 1. The van der Waals surface area contributed by atoms with Gasteiger partial charge in [0.2, 0.25) is 0 Å². The van der Waals surface area contributed by atoms with Crippen LogP contribution in [0.2, 0.25) is 0 Å². The van der Waals surface area contributed by atoms with Crippen molar-refractivity contribution in [2.45, 2.75) is 0 Å². The van der Waals surface area contributed by atoms with Crippen molar-refractivity contribution >= 4 is 56.2 Å². The molecule has 5 heteroatoms. The van der Waals surface area contributed by atoms with E-state index in [1.165, 1.54) is 11.8 Å². The van der Waals surface area contributed by atoms with Gasteiger partial charge in [0.15, 0.2) is 4.32 Å². The molecule has 0 bridgehead atoms. The molecule has 0 saturated carbocycles. The molecule has 0 radical (unpaired) electrons. The zero-order valence-electron chi connectivity index (χ0n) is 8.51. The monoisotopic (exact) mass is 323 g/mol. The molecule has 1 amide bonds. The van der Waals surface area contributed by atoms with Crippen LogP contribution in [0.1, 0.15) is 5.56 Å². The molecule has 1 aliphatic rings. The smallest absolute Gasteiger partial charge is 0.267 e. The summed E-state index contributed by atoms with van der Waals surface area (Å²) < 4.78 is 1.36. The first-order chi connectivity index (χ1) is 8.11. The zero-order chi connectivity index (χ0) is 12.4. The molecular formula is C12H6BrNOS2. The van der Waals surface area contributed by atoms with Crippen LogP contribution in [0, 0.1) is 12.5 Å². The van der Waals surface area contributed by atoms with Crippen LogP contribution in [0.25, 0.3) is 6.08 Å². The first-order valence-corrected chi connectivity index (χ1v) is 6.63. The van der Waals surface area contributed by atoms with Gasteiger partial charge in [0, 0.05) is 10.5 Å². The van der Waals surface area contributed by atoms with Crippen LogP contribution in [0.5, 0.6) is 0 Å². The summed E-state index contributed by atoms with van der Waals surface area (Å²) in [6, 6.07) is 9.91. The van der Waals surface area contributed by atoms with Crippen molar-refractivity contribution in [3.8, 4) is 12.5 Å². The van der Waals surface area contributed by atoms with Crippen molar-refractivity contribution in [1.29, 1.82) is 0 Å². The second-order valence-electron chi connectivity index (χ2n) is 3.20. The lowest BCUT2D eigenvalue weighted by molar-refractivity contribution is -0.120. The minimum absolute atomic E-state index is 0.234. The van der Waals surface area contributed by atoms with Crippen LogP contribution in [-0.2, 0) is 4.79 Å². The fourth-order valence-corrected chi connectivity index (χ4v) is 2.94. The van der Waals surface area contributed by atoms with Gasteiger partial charge in [-0.3, -0.25) is 4.79 Å². The van der Waals surface area contributed by atoms with Crippen LogP contribution in [0.15, 0.2) is 33.6 Å². The average Bonchev–Trinajstić information content (AvgIpc) is 2.54. The second-order valence-corrected chi connectivity index (χ2v) is 5.79. The number of hydrogen-bond donors (Lipinski definition) is 0. The molecular weight excluding hydrogens is 318 g/mol. The highest BCUT2D eigenvalue weighted by Crippen LogP contribution is 2.32. The van der Waals surface area contributed by atoms with Gasteiger partial charge in [0.05, 0.1) is 4.91 Å². The minimum Gasteiger partial charge on any atom is -0.267 e. The van der Waals surface area contributed by atoms with Crippen molar-refractivity contribution in [1.82, 2.24) is 4.90 Å². The summed E-state index contributed by atoms with van der Waals surface area (Å²) in [5.41, 5.74) is 0.928. The highest BCUT2D eigenvalue weighted by Gasteiger charge is 2.30. The number of thioether (sulfide) groups is 1. The van der Waals surface area contributed by atoms with Gasteiger partial charge in [-0.2, -0.15) is 0 Å². The molecule has 0 aromatic heterocycles. The van der Waals surface area contributed by atoms with Crippen LogP contribution >= 0.6 is 39.9 Å². The molecule has 0 N–H and O–H groups in total. The predicted molar refractivity (Wildman–Crippen MR) is 78.0 cm³/mol. The molecule has 17 heavy (non-hydrogen) atoms. The Balaban J connectivity index is 2.34. The van der Waals surface area contributed by atoms with Gasteiger partial charge in [-0.1, -0.05) is 58.5 Å². The number of halogens is 1. The molecule has 2 rings (SSSR count). The standard InChI is InChI=1S/C12H6BrNOS2/c1-2-14-11(15)10(17-12(14)16)7-8-4-3-5-9(13)6-8/h1,3-7H/b10-7+. The third-order valence-electron chi connectivity index (χ3n) is 2.07. The molecule has 0 atom stereocenters. The van der Waals surface area contributed by atoms with Gasteiger partial charge in [0.25, 0.3) is 5.91 Å². The fraction of sp³-hybridized carbons (Fsp3) is 0. The third kappa shape index (κ3) is 2.60. The Kier molecular flexibility index (Phi) is 3.67. The van der Waals surface area contributed by atoms with Gasteiger partial charge >= 0.3 is 0 Å². The van der Waals surface area contributed by atoms with E-state index in [0.29, 0.717) is 9.23 Å². The Bertz CT molecular complexity index is 574. The van der Waals surface area contributed by atoms with Crippen LogP contribution in [0.4, 0.5) is 0 Å². The molecule has 84 valence electrons. The molecule has 0 unspecified atom stereocenters. The summed E-state index contributed by atoms with van der Waals surface area (Å²) in [5.74, 6) is -0.234. The van der Waals surface area contributed by atoms with Gasteiger partial charge in [-0.05, 0) is 23.8 Å². The van der Waals surface area contributed by atoms with E-state index >= 15 is 0 Å². The van der Waals surface area contributed by atoms with E-state index in [2.05, 4.69) is 22.0 Å². The molecule has 1 aliphatic heterocycles. The number of thiocarbonyl (C=S) groups is 1. The number of benzene rings is 1.